The van der Waals surface area contributed by atoms with Crippen molar-refractivity contribution in [1.82, 2.24) is 0 Å². The first-order valence-electron chi connectivity index (χ1n) is 5.57. The minimum Gasteiger partial charge on any atom is -0.489 e. The zero-order valence-electron chi connectivity index (χ0n) is 9.99. The molecule has 19 heavy (non-hydrogen) atoms. The lowest BCUT2D eigenvalue weighted by Gasteiger charge is -2.08. The number of hydrogen-bond acceptors (Lipinski definition) is 2. The van der Waals surface area contributed by atoms with Gasteiger partial charge in [0.2, 0.25) is 0 Å². The summed E-state index contributed by atoms with van der Waals surface area (Å²) in [4.78, 5) is 0. The molecule has 3 nitrogen and oxygen atoms in total. The van der Waals surface area contributed by atoms with E-state index in [-0.39, 0.29) is 18.3 Å². The van der Waals surface area contributed by atoms with Crippen LogP contribution in [0, 0.1) is 11.2 Å². The largest absolute Gasteiger partial charge is 0.489 e. The summed E-state index contributed by atoms with van der Waals surface area (Å²) in [6.07, 6.45) is 0. The van der Waals surface area contributed by atoms with Gasteiger partial charge in [0, 0.05) is 10.0 Å². The lowest BCUT2D eigenvalue weighted by Crippen LogP contribution is -2.10. The number of nitrogen functional groups attached to an aromatic ring is 1. The van der Waals surface area contributed by atoms with E-state index in [1.54, 1.807) is 30.3 Å². The van der Waals surface area contributed by atoms with Crippen molar-refractivity contribution in [1.29, 1.82) is 5.41 Å². The van der Waals surface area contributed by atoms with Gasteiger partial charge < -0.3 is 10.5 Å². The van der Waals surface area contributed by atoms with Crippen LogP contribution in [-0.2, 0) is 6.61 Å². The average molecular weight is 323 g/mol. The molecule has 0 saturated carbocycles. The molecule has 0 spiro atoms. The van der Waals surface area contributed by atoms with E-state index in [9.17, 15) is 4.39 Å². The Kier molecular flexibility index (Phi) is 4.16. The molecular weight excluding hydrogens is 311 g/mol. The Morgan fingerprint density at radius 3 is 2.74 bits per heavy atom. The summed E-state index contributed by atoms with van der Waals surface area (Å²) in [5, 5.41) is 7.35. The van der Waals surface area contributed by atoms with Gasteiger partial charge in [0.15, 0.2) is 0 Å². The van der Waals surface area contributed by atoms with Gasteiger partial charge in [-0.05, 0) is 35.9 Å². The molecule has 98 valence electrons. The lowest BCUT2D eigenvalue weighted by molar-refractivity contribution is 0.305. The van der Waals surface area contributed by atoms with Crippen LogP contribution in [0.2, 0.25) is 0 Å². The number of ether oxygens (including phenoxy) is 1. The van der Waals surface area contributed by atoms with Crippen molar-refractivity contribution in [2.45, 2.75) is 6.61 Å². The number of halogens is 2. The Morgan fingerprint density at radius 1 is 1.26 bits per heavy atom. The monoisotopic (exact) mass is 322 g/mol. The van der Waals surface area contributed by atoms with Gasteiger partial charge in [0.25, 0.3) is 0 Å². The number of amidine groups is 1. The molecule has 0 saturated heterocycles. The zero-order valence-corrected chi connectivity index (χ0v) is 11.6. The fourth-order valence-corrected chi connectivity index (χ4v) is 2.13. The van der Waals surface area contributed by atoms with Crippen molar-refractivity contribution >= 4 is 21.8 Å². The highest BCUT2D eigenvalue weighted by Gasteiger charge is 2.02. The topological polar surface area (TPSA) is 59.1 Å². The maximum atomic E-state index is 13.2. The first kappa shape index (κ1) is 13.5. The molecule has 0 amide bonds. The SMILES string of the molecule is N=C(N)c1cccc(OCc2cc(F)cc(Br)c2)c1. The van der Waals surface area contributed by atoms with Crippen molar-refractivity contribution < 1.29 is 9.13 Å². The molecule has 3 N–H and O–H groups in total. The van der Waals surface area contributed by atoms with E-state index in [1.165, 1.54) is 12.1 Å². The van der Waals surface area contributed by atoms with Crippen molar-refractivity contribution in [3.63, 3.8) is 0 Å². The number of rotatable bonds is 4. The summed E-state index contributed by atoms with van der Waals surface area (Å²) >= 11 is 3.23. The van der Waals surface area contributed by atoms with Gasteiger partial charge in [-0.2, -0.15) is 0 Å². The maximum absolute atomic E-state index is 13.2. The summed E-state index contributed by atoms with van der Waals surface area (Å²) in [6, 6.07) is 11.5. The molecule has 5 heteroatoms. The second-order valence-corrected chi connectivity index (χ2v) is 4.92. The van der Waals surface area contributed by atoms with Gasteiger partial charge in [-0.3, -0.25) is 5.41 Å². The quantitative estimate of drug-likeness (QED) is 0.669. The highest BCUT2D eigenvalue weighted by Crippen LogP contribution is 2.18. The van der Waals surface area contributed by atoms with Gasteiger partial charge in [-0.25, -0.2) is 4.39 Å². The highest BCUT2D eigenvalue weighted by atomic mass is 79.9. The minimum atomic E-state index is -0.314. The third-order valence-electron chi connectivity index (χ3n) is 2.47. The van der Waals surface area contributed by atoms with Crippen molar-refractivity contribution in [2.75, 3.05) is 0 Å². The summed E-state index contributed by atoms with van der Waals surface area (Å²) in [5.41, 5.74) is 6.72. The molecular formula is C14H12BrFN2O. The summed E-state index contributed by atoms with van der Waals surface area (Å²) in [7, 11) is 0. The number of nitrogens with two attached hydrogens (primary N) is 1. The van der Waals surface area contributed by atoms with Crippen LogP contribution in [0.3, 0.4) is 0 Å². The highest BCUT2D eigenvalue weighted by molar-refractivity contribution is 9.10. The van der Waals surface area contributed by atoms with Gasteiger partial charge >= 0.3 is 0 Å². The van der Waals surface area contributed by atoms with Crippen LogP contribution in [0.5, 0.6) is 5.75 Å². The Balaban J connectivity index is 2.10. The normalized spacial score (nSPS) is 10.2. The van der Waals surface area contributed by atoms with Crippen LogP contribution in [0.4, 0.5) is 4.39 Å². The molecule has 0 radical (unpaired) electrons. The predicted molar refractivity (Wildman–Crippen MR) is 75.9 cm³/mol. The molecule has 0 aliphatic heterocycles. The van der Waals surface area contributed by atoms with E-state index in [0.29, 0.717) is 15.8 Å². The smallest absolute Gasteiger partial charge is 0.124 e. The first-order valence-corrected chi connectivity index (χ1v) is 6.36. The van der Waals surface area contributed by atoms with E-state index in [1.807, 2.05) is 0 Å². The number of nitrogens with one attached hydrogen (secondary N) is 1. The van der Waals surface area contributed by atoms with Crippen molar-refractivity contribution in [3.05, 3.63) is 63.9 Å². The number of benzene rings is 2. The Hall–Kier alpha value is -1.88. The van der Waals surface area contributed by atoms with E-state index in [2.05, 4.69) is 15.9 Å². The van der Waals surface area contributed by atoms with Crippen LogP contribution in [-0.4, -0.2) is 5.84 Å². The molecule has 0 bridgehead atoms. The van der Waals surface area contributed by atoms with E-state index < -0.39 is 0 Å². The predicted octanol–water partition coefficient (Wildman–Crippen LogP) is 3.45. The summed E-state index contributed by atoms with van der Waals surface area (Å²) in [5.74, 6) is 0.262. The molecule has 0 atom stereocenters. The fraction of sp³-hybridized carbons (Fsp3) is 0.0714. The van der Waals surface area contributed by atoms with Gasteiger partial charge in [0.05, 0.1) is 0 Å². The van der Waals surface area contributed by atoms with Crippen LogP contribution in [0.1, 0.15) is 11.1 Å². The maximum Gasteiger partial charge on any atom is 0.124 e. The van der Waals surface area contributed by atoms with E-state index in [4.69, 9.17) is 15.9 Å². The van der Waals surface area contributed by atoms with Crippen LogP contribution in [0.15, 0.2) is 46.9 Å². The molecule has 2 rings (SSSR count). The molecule has 0 heterocycles. The fourth-order valence-electron chi connectivity index (χ4n) is 1.61. The molecule has 0 aliphatic rings. The first-order chi connectivity index (χ1) is 9.04. The molecule has 0 aliphatic carbocycles. The van der Waals surface area contributed by atoms with E-state index >= 15 is 0 Å². The molecule has 0 aromatic heterocycles. The van der Waals surface area contributed by atoms with Crippen molar-refractivity contribution in [3.8, 4) is 5.75 Å². The minimum absolute atomic E-state index is 0.0149. The third-order valence-corrected chi connectivity index (χ3v) is 2.93. The Morgan fingerprint density at radius 2 is 2.05 bits per heavy atom. The number of hydrogen-bond donors (Lipinski definition) is 2. The second kappa shape index (κ2) is 5.84. The van der Waals surface area contributed by atoms with Crippen LogP contribution < -0.4 is 10.5 Å². The molecule has 0 unspecified atom stereocenters. The summed E-state index contributed by atoms with van der Waals surface area (Å²) < 4.78 is 19.4. The average Bonchev–Trinajstić information content (AvgIpc) is 2.35. The standard InChI is InChI=1S/C14H12BrFN2O/c15-11-4-9(5-12(16)7-11)8-19-13-3-1-2-10(6-13)14(17)18/h1-7H,8H2,(H3,17,18). The van der Waals surface area contributed by atoms with Crippen molar-refractivity contribution in [2.24, 2.45) is 5.73 Å². The summed E-state index contributed by atoms with van der Waals surface area (Å²) in [6.45, 7) is 0.248. The second-order valence-electron chi connectivity index (χ2n) is 4.01. The van der Waals surface area contributed by atoms with Crippen LogP contribution in [0.25, 0.3) is 0 Å². The lowest BCUT2D eigenvalue weighted by atomic mass is 10.2. The zero-order chi connectivity index (χ0) is 13.8. The van der Waals surface area contributed by atoms with Gasteiger partial charge in [-0.1, -0.05) is 28.1 Å². The Labute approximate surface area is 118 Å². The molecule has 0 fully saturated rings. The molecule has 2 aromatic rings. The third kappa shape index (κ3) is 3.79. The van der Waals surface area contributed by atoms with Crippen LogP contribution >= 0.6 is 15.9 Å². The van der Waals surface area contributed by atoms with Gasteiger partial charge in [0.1, 0.15) is 24.0 Å². The van der Waals surface area contributed by atoms with E-state index in [0.717, 1.165) is 5.56 Å². The van der Waals surface area contributed by atoms with Gasteiger partial charge in [-0.15, -0.1) is 0 Å². The Bertz CT molecular complexity index is 596. The molecule has 2 aromatic carbocycles.